The molecule has 5 aromatic carbocycles. The van der Waals surface area contributed by atoms with Crippen molar-refractivity contribution < 1.29 is 19.1 Å². The highest BCUT2D eigenvalue weighted by molar-refractivity contribution is 7.99. The van der Waals surface area contributed by atoms with Gasteiger partial charge in [-0.05, 0) is 110 Å². The summed E-state index contributed by atoms with van der Waals surface area (Å²) in [7, 11) is 0. The molecule has 2 aliphatic rings. The topological polar surface area (TPSA) is 60.4 Å². The lowest BCUT2D eigenvalue weighted by Crippen LogP contribution is -2.22. The highest BCUT2D eigenvalue weighted by Crippen LogP contribution is 2.42. The normalized spacial score (nSPS) is 16.8. The summed E-state index contributed by atoms with van der Waals surface area (Å²) in [6.45, 7) is 4.38. The van der Waals surface area contributed by atoms with Crippen LogP contribution in [0.2, 0.25) is 0 Å². The van der Waals surface area contributed by atoms with Crippen LogP contribution in [0.5, 0.6) is 0 Å². The fourth-order valence-electron chi connectivity index (χ4n) is 7.33. The van der Waals surface area contributed by atoms with E-state index in [-0.39, 0.29) is 17.5 Å². The fourth-order valence-corrected chi connectivity index (χ4v) is 9.29. The molecule has 4 nitrogen and oxygen atoms in total. The van der Waals surface area contributed by atoms with Crippen molar-refractivity contribution in [3.8, 4) is 11.1 Å². The molecule has 5 aromatic rings. The van der Waals surface area contributed by atoms with Gasteiger partial charge in [0.05, 0.1) is 12.2 Å². The van der Waals surface area contributed by atoms with E-state index >= 15 is 0 Å². The molecule has 0 atom stereocenters. The highest BCUT2D eigenvalue weighted by atomic mass is 32.2. The van der Waals surface area contributed by atoms with Gasteiger partial charge >= 0.3 is 5.97 Å². The molecule has 7 rings (SSSR count). The standard InChI is InChI=1S/C44H40O4S2/c1-3-7-28-12-14-29(15-13-28)30-16-18-31(19-17-30)32-20-24-34(25-21-32)49-38-10-5-8-36-40(38)42(45)37-9-6-11-39(41(37)43(36)46)50-35-26-22-33(23-27-35)44(47)48-4-2/h5-6,8-11,16-29H,3-4,7,12-15H2,1-2H3. The summed E-state index contributed by atoms with van der Waals surface area (Å²) < 4.78 is 5.09. The molecular weight excluding hydrogens is 657 g/mol. The van der Waals surface area contributed by atoms with Gasteiger partial charge in [0, 0.05) is 41.8 Å². The average molecular weight is 697 g/mol. The zero-order chi connectivity index (χ0) is 34.6. The zero-order valence-electron chi connectivity index (χ0n) is 28.4. The molecule has 0 radical (unpaired) electrons. The third kappa shape index (κ3) is 7.10. The van der Waals surface area contributed by atoms with Crippen LogP contribution in [-0.2, 0) is 4.74 Å². The number of fused-ring (bicyclic) bond motifs is 2. The summed E-state index contributed by atoms with van der Waals surface area (Å²) in [4.78, 5) is 43.5. The van der Waals surface area contributed by atoms with E-state index < -0.39 is 0 Å². The van der Waals surface area contributed by atoms with Crippen LogP contribution in [0.25, 0.3) is 11.1 Å². The second-order valence-corrected chi connectivity index (χ2v) is 15.3. The molecule has 1 fully saturated rings. The number of hydrogen-bond acceptors (Lipinski definition) is 6. The predicted octanol–water partition coefficient (Wildman–Crippen LogP) is 11.7. The lowest BCUT2D eigenvalue weighted by atomic mass is 9.77. The third-order valence-electron chi connectivity index (χ3n) is 9.93. The first-order valence-electron chi connectivity index (χ1n) is 17.6. The van der Waals surface area contributed by atoms with Gasteiger partial charge in [-0.2, -0.15) is 0 Å². The van der Waals surface area contributed by atoms with Gasteiger partial charge in [-0.3, -0.25) is 9.59 Å². The van der Waals surface area contributed by atoms with Gasteiger partial charge in [-0.1, -0.05) is 104 Å². The molecule has 6 heteroatoms. The largest absolute Gasteiger partial charge is 0.462 e. The van der Waals surface area contributed by atoms with Crippen LogP contribution >= 0.6 is 23.5 Å². The van der Waals surface area contributed by atoms with Crippen molar-refractivity contribution in [1.82, 2.24) is 0 Å². The maximum absolute atomic E-state index is 14.1. The number of carbonyl (C=O) groups excluding carboxylic acids is 3. The van der Waals surface area contributed by atoms with Crippen LogP contribution in [0.3, 0.4) is 0 Å². The Labute approximate surface area is 303 Å². The van der Waals surface area contributed by atoms with E-state index in [9.17, 15) is 14.4 Å². The Morgan fingerprint density at radius 2 is 1.14 bits per heavy atom. The number of esters is 1. The summed E-state index contributed by atoms with van der Waals surface area (Å²) in [5.41, 5.74) is 6.00. The van der Waals surface area contributed by atoms with Crippen LogP contribution < -0.4 is 0 Å². The van der Waals surface area contributed by atoms with Gasteiger partial charge in [0.25, 0.3) is 0 Å². The Morgan fingerprint density at radius 1 is 0.640 bits per heavy atom. The van der Waals surface area contributed by atoms with Gasteiger partial charge in [0.1, 0.15) is 0 Å². The third-order valence-corrected chi connectivity index (χ3v) is 12.1. The van der Waals surface area contributed by atoms with Crippen LogP contribution in [0.4, 0.5) is 0 Å². The molecule has 252 valence electrons. The van der Waals surface area contributed by atoms with E-state index in [1.54, 1.807) is 31.2 Å². The number of carbonyl (C=O) groups is 3. The molecule has 0 N–H and O–H groups in total. The van der Waals surface area contributed by atoms with Gasteiger partial charge in [0.15, 0.2) is 11.6 Å². The maximum atomic E-state index is 14.1. The van der Waals surface area contributed by atoms with Crippen molar-refractivity contribution in [3.63, 3.8) is 0 Å². The fraction of sp³-hybridized carbons (Fsp3) is 0.250. The number of ether oxygens (including phenoxy) is 1. The Hall–Kier alpha value is -4.39. The van der Waals surface area contributed by atoms with E-state index in [1.807, 2.05) is 36.4 Å². The first-order chi connectivity index (χ1) is 24.4. The highest BCUT2D eigenvalue weighted by Gasteiger charge is 2.34. The van der Waals surface area contributed by atoms with Crippen molar-refractivity contribution in [1.29, 1.82) is 0 Å². The van der Waals surface area contributed by atoms with Crippen molar-refractivity contribution >= 4 is 41.1 Å². The lowest BCUT2D eigenvalue weighted by Gasteiger charge is -2.28. The van der Waals surface area contributed by atoms with Gasteiger partial charge in [0.2, 0.25) is 0 Å². The zero-order valence-corrected chi connectivity index (χ0v) is 30.1. The summed E-state index contributed by atoms with van der Waals surface area (Å²) in [6.07, 6.45) is 7.97. The summed E-state index contributed by atoms with van der Waals surface area (Å²) in [6, 6.07) is 35.6. The van der Waals surface area contributed by atoms with Gasteiger partial charge in [-0.25, -0.2) is 4.79 Å². The second kappa shape index (κ2) is 15.2. The molecule has 2 aliphatic carbocycles. The SMILES string of the molecule is CCCC1CCC(c2ccc(-c3ccc(Sc4cccc5c4C(=O)c4cccc(Sc6ccc(C(=O)OCC)cc6)c4C5=O)cc3)cc2)CC1. The van der Waals surface area contributed by atoms with E-state index in [0.717, 1.165) is 26.2 Å². The first-order valence-corrected chi connectivity index (χ1v) is 19.3. The monoisotopic (exact) mass is 696 g/mol. The van der Waals surface area contributed by atoms with Crippen molar-refractivity contribution in [2.45, 2.75) is 77.9 Å². The minimum Gasteiger partial charge on any atom is -0.462 e. The van der Waals surface area contributed by atoms with Crippen LogP contribution in [0.1, 0.15) is 106 Å². The lowest BCUT2D eigenvalue weighted by molar-refractivity contribution is 0.0526. The molecule has 0 saturated heterocycles. The first kappa shape index (κ1) is 34.1. The van der Waals surface area contributed by atoms with E-state index in [4.69, 9.17) is 4.74 Å². The summed E-state index contributed by atoms with van der Waals surface area (Å²) in [5, 5.41) is 0. The Kier molecular flexibility index (Phi) is 10.4. The molecule has 0 amide bonds. The number of hydrogen-bond donors (Lipinski definition) is 0. The molecule has 50 heavy (non-hydrogen) atoms. The van der Waals surface area contributed by atoms with Crippen molar-refractivity contribution in [3.05, 3.63) is 143 Å². The molecule has 1 saturated carbocycles. The van der Waals surface area contributed by atoms with Crippen molar-refractivity contribution in [2.75, 3.05) is 6.61 Å². The molecule has 0 heterocycles. The average Bonchev–Trinajstić information content (AvgIpc) is 3.15. The van der Waals surface area contributed by atoms with Crippen molar-refractivity contribution in [2.24, 2.45) is 5.92 Å². The molecule has 0 spiro atoms. The van der Waals surface area contributed by atoms with Gasteiger partial charge in [-0.15, -0.1) is 0 Å². The molecular formula is C44H40O4S2. The van der Waals surface area contributed by atoms with Crippen LogP contribution in [0, 0.1) is 5.92 Å². The number of ketones is 2. The molecule has 0 bridgehead atoms. The Balaban J connectivity index is 1.06. The van der Waals surface area contributed by atoms with Crippen LogP contribution in [0.15, 0.2) is 129 Å². The quantitative estimate of drug-likeness (QED) is 0.133. The summed E-state index contributed by atoms with van der Waals surface area (Å²) >= 11 is 2.91. The second-order valence-electron chi connectivity index (χ2n) is 13.1. The maximum Gasteiger partial charge on any atom is 0.338 e. The Bertz CT molecular complexity index is 2020. The minimum absolute atomic E-state index is 0.145. The van der Waals surface area contributed by atoms with Crippen LogP contribution in [-0.4, -0.2) is 24.1 Å². The minimum atomic E-state index is -0.372. The van der Waals surface area contributed by atoms with E-state index in [0.29, 0.717) is 45.2 Å². The number of rotatable bonds is 10. The smallest absolute Gasteiger partial charge is 0.338 e. The van der Waals surface area contributed by atoms with E-state index in [2.05, 4.69) is 55.5 Å². The Morgan fingerprint density at radius 3 is 1.64 bits per heavy atom. The molecule has 0 unspecified atom stereocenters. The summed E-state index contributed by atoms with van der Waals surface area (Å²) in [5.74, 6) is 0.916. The molecule has 0 aliphatic heterocycles. The number of benzene rings is 5. The van der Waals surface area contributed by atoms with Gasteiger partial charge < -0.3 is 4.74 Å². The predicted molar refractivity (Wildman–Crippen MR) is 202 cm³/mol. The molecule has 0 aromatic heterocycles. The van der Waals surface area contributed by atoms with E-state index in [1.165, 1.54) is 73.2 Å².